The van der Waals surface area contributed by atoms with E-state index < -0.39 is 0 Å². The van der Waals surface area contributed by atoms with Gasteiger partial charge in [0.1, 0.15) is 0 Å². The largest absolute Gasteiger partial charge is 0.335 e. The van der Waals surface area contributed by atoms with Gasteiger partial charge in [-0.05, 0) is 18.9 Å². The van der Waals surface area contributed by atoms with E-state index >= 15 is 0 Å². The zero-order chi connectivity index (χ0) is 14.8. The third-order valence-electron chi connectivity index (χ3n) is 4.09. The van der Waals surface area contributed by atoms with E-state index in [4.69, 9.17) is 0 Å². The zero-order valence-corrected chi connectivity index (χ0v) is 12.5. The van der Waals surface area contributed by atoms with Gasteiger partial charge >= 0.3 is 0 Å². The summed E-state index contributed by atoms with van der Waals surface area (Å²) in [6, 6.07) is 2.05. The molecule has 0 unspecified atom stereocenters. The summed E-state index contributed by atoms with van der Waals surface area (Å²) in [5, 5.41) is 8.40. The SMILES string of the molecule is C[C@@H](Cn1cccn1)C(=O)N1CCC[C@H]1c1cnn(C)c1. The molecule has 1 aliphatic rings. The van der Waals surface area contributed by atoms with E-state index in [1.165, 1.54) is 0 Å². The summed E-state index contributed by atoms with van der Waals surface area (Å²) in [5.74, 6) is 0.138. The maximum Gasteiger partial charge on any atom is 0.227 e. The van der Waals surface area contributed by atoms with Crippen LogP contribution in [-0.2, 0) is 18.4 Å². The van der Waals surface area contributed by atoms with Crippen LogP contribution in [0.15, 0.2) is 30.9 Å². The monoisotopic (exact) mass is 287 g/mol. The molecule has 1 saturated heterocycles. The number of aryl methyl sites for hydroxylation is 1. The molecule has 0 spiro atoms. The average Bonchev–Trinajstić information content (AvgIpc) is 3.17. The Hall–Kier alpha value is -2.11. The van der Waals surface area contributed by atoms with Gasteiger partial charge in [-0.15, -0.1) is 0 Å². The van der Waals surface area contributed by atoms with Gasteiger partial charge in [0.25, 0.3) is 0 Å². The van der Waals surface area contributed by atoms with Crippen LogP contribution in [0.1, 0.15) is 31.4 Å². The van der Waals surface area contributed by atoms with Crippen LogP contribution >= 0.6 is 0 Å². The van der Waals surface area contributed by atoms with Crippen LogP contribution in [0, 0.1) is 5.92 Å². The molecule has 0 saturated carbocycles. The van der Waals surface area contributed by atoms with Crippen molar-refractivity contribution in [2.45, 2.75) is 32.4 Å². The van der Waals surface area contributed by atoms with Gasteiger partial charge in [-0.25, -0.2) is 0 Å². The van der Waals surface area contributed by atoms with Gasteiger partial charge in [0, 0.05) is 37.7 Å². The van der Waals surface area contributed by atoms with Crippen LogP contribution in [0.2, 0.25) is 0 Å². The van der Waals surface area contributed by atoms with Gasteiger partial charge in [-0.1, -0.05) is 6.92 Å². The van der Waals surface area contributed by atoms with Crippen molar-refractivity contribution in [3.8, 4) is 0 Å². The highest BCUT2D eigenvalue weighted by molar-refractivity contribution is 5.79. The summed E-state index contributed by atoms with van der Waals surface area (Å²) in [5.41, 5.74) is 1.13. The van der Waals surface area contributed by atoms with Crippen molar-refractivity contribution in [2.75, 3.05) is 6.54 Å². The fourth-order valence-electron chi connectivity index (χ4n) is 3.04. The smallest absolute Gasteiger partial charge is 0.227 e. The summed E-state index contributed by atoms with van der Waals surface area (Å²) in [6.45, 7) is 3.44. The topological polar surface area (TPSA) is 56.0 Å². The van der Waals surface area contributed by atoms with E-state index in [9.17, 15) is 4.79 Å². The average molecular weight is 287 g/mol. The maximum absolute atomic E-state index is 12.7. The van der Waals surface area contributed by atoms with Crippen molar-refractivity contribution in [1.29, 1.82) is 0 Å². The summed E-state index contributed by atoms with van der Waals surface area (Å²) in [7, 11) is 1.91. The van der Waals surface area contributed by atoms with Gasteiger partial charge in [-0.2, -0.15) is 10.2 Å². The molecule has 0 aliphatic carbocycles. The molecule has 2 aromatic heterocycles. The number of amides is 1. The van der Waals surface area contributed by atoms with Crippen molar-refractivity contribution in [3.63, 3.8) is 0 Å². The number of carbonyl (C=O) groups is 1. The first kappa shape index (κ1) is 13.9. The Balaban J connectivity index is 1.70. The lowest BCUT2D eigenvalue weighted by atomic mass is 10.1. The van der Waals surface area contributed by atoms with Gasteiger partial charge in [0.2, 0.25) is 5.91 Å². The maximum atomic E-state index is 12.7. The second-order valence-corrected chi connectivity index (χ2v) is 5.77. The predicted octanol–water partition coefficient (Wildman–Crippen LogP) is 1.62. The molecule has 0 N–H and O–H groups in total. The number of hydrogen-bond acceptors (Lipinski definition) is 3. The van der Waals surface area contributed by atoms with Crippen molar-refractivity contribution in [3.05, 3.63) is 36.4 Å². The summed E-state index contributed by atoms with van der Waals surface area (Å²) in [4.78, 5) is 14.7. The third kappa shape index (κ3) is 2.84. The van der Waals surface area contributed by atoms with E-state index in [-0.39, 0.29) is 17.9 Å². The lowest BCUT2D eigenvalue weighted by Gasteiger charge is -2.27. The molecular formula is C15H21N5O. The molecule has 2 aromatic rings. The minimum absolute atomic E-state index is 0.0674. The van der Waals surface area contributed by atoms with E-state index in [1.54, 1.807) is 10.9 Å². The fourth-order valence-corrected chi connectivity index (χ4v) is 3.04. The first-order valence-corrected chi connectivity index (χ1v) is 7.41. The van der Waals surface area contributed by atoms with Crippen LogP contribution in [0.3, 0.4) is 0 Å². The van der Waals surface area contributed by atoms with E-state index in [0.29, 0.717) is 6.54 Å². The highest BCUT2D eigenvalue weighted by Crippen LogP contribution is 2.32. The number of carbonyl (C=O) groups excluding carboxylic acids is 1. The van der Waals surface area contributed by atoms with Crippen molar-refractivity contribution < 1.29 is 4.79 Å². The molecule has 3 heterocycles. The molecule has 6 heteroatoms. The van der Waals surface area contributed by atoms with E-state index in [0.717, 1.165) is 24.9 Å². The molecule has 21 heavy (non-hydrogen) atoms. The van der Waals surface area contributed by atoms with Crippen LogP contribution in [0.4, 0.5) is 0 Å². The number of rotatable bonds is 4. The Morgan fingerprint density at radius 1 is 1.48 bits per heavy atom. The Bertz CT molecular complexity index is 603. The van der Waals surface area contributed by atoms with Gasteiger partial charge in [0.05, 0.1) is 24.7 Å². The molecule has 0 radical (unpaired) electrons. The molecule has 0 aromatic carbocycles. The number of hydrogen-bond donors (Lipinski definition) is 0. The van der Waals surface area contributed by atoms with E-state index in [1.807, 2.05) is 48.2 Å². The van der Waals surface area contributed by atoms with Crippen molar-refractivity contribution >= 4 is 5.91 Å². The second kappa shape index (κ2) is 5.71. The van der Waals surface area contributed by atoms with Crippen LogP contribution < -0.4 is 0 Å². The zero-order valence-electron chi connectivity index (χ0n) is 12.5. The highest BCUT2D eigenvalue weighted by atomic mass is 16.2. The molecule has 1 fully saturated rings. The van der Waals surface area contributed by atoms with Gasteiger partial charge < -0.3 is 4.90 Å². The number of aromatic nitrogens is 4. The summed E-state index contributed by atoms with van der Waals surface area (Å²) in [6.07, 6.45) is 9.59. The van der Waals surface area contributed by atoms with Gasteiger partial charge in [-0.3, -0.25) is 14.2 Å². The molecule has 112 valence electrons. The molecule has 1 amide bonds. The molecule has 0 bridgehead atoms. The Kier molecular flexibility index (Phi) is 3.77. The second-order valence-electron chi connectivity index (χ2n) is 5.77. The van der Waals surface area contributed by atoms with E-state index in [2.05, 4.69) is 10.2 Å². The summed E-state index contributed by atoms with van der Waals surface area (Å²) < 4.78 is 3.61. The molecule has 1 aliphatic heterocycles. The fraction of sp³-hybridized carbons (Fsp3) is 0.533. The predicted molar refractivity (Wildman–Crippen MR) is 78.3 cm³/mol. The molecule has 6 nitrogen and oxygen atoms in total. The normalized spacial score (nSPS) is 19.9. The van der Waals surface area contributed by atoms with Crippen molar-refractivity contribution in [2.24, 2.45) is 13.0 Å². The van der Waals surface area contributed by atoms with Crippen LogP contribution in [-0.4, -0.2) is 36.9 Å². The summed E-state index contributed by atoms with van der Waals surface area (Å²) >= 11 is 0. The standard InChI is InChI=1S/C15H21N5O/c1-12(10-19-7-4-6-16-19)15(21)20-8-3-5-14(20)13-9-17-18(2)11-13/h4,6-7,9,11-12,14H,3,5,8,10H2,1-2H3/t12-,14-/m0/s1. The van der Waals surface area contributed by atoms with Crippen LogP contribution in [0.25, 0.3) is 0 Å². The lowest BCUT2D eigenvalue weighted by molar-refractivity contribution is -0.136. The Morgan fingerprint density at radius 3 is 3.00 bits per heavy atom. The molecule has 3 rings (SSSR count). The highest BCUT2D eigenvalue weighted by Gasteiger charge is 2.33. The van der Waals surface area contributed by atoms with Crippen molar-refractivity contribution in [1.82, 2.24) is 24.5 Å². The Labute approximate surface area is 124 Å². The first-order chi connectivity index (χ1) is 10.1. The number of likely N-dealkylation sites (tertiary alicyclic amines) is 1. The minimum atomic E-state index is -0.0674. The molecule has 2 atom stereocenters. The van der Waals surface area contributed by atoms with Crippen LogP contribution in [0.5, 0.6) is 0 Å². The molecular weight excluding hydrogens is 266 g/mol. The Morgan fingerprint density at radius 2 is 2.33 bits per heavy atom. The lowest BCUT2D eigenvalue weighted by Crippen LogP contribution is -2.36. The third-order valence-corrected chi connectivity index (χ3v) is 4.09. The minimum Gasteiger partial charge on any atom is -0.335 e. The first-order valence-electron chi connectivity index (χ1n) is 7.41. The number of nitrogens with zero attached hydrogens (tertiary/aromatic N) is 5. The quantitative estimate of drug-likeness (QED) is 0.858. The van der Waals surface area contributed by atoms with Gasteiger partial charge in [0.15, 0.2) is 0 Å².